The van der Waals surface area contributed by atoms with Gasteiger partial charge in [0.25, 0.3) is 0 Å². The number of likely N-dealkylation sites (tertiary alicyclic amines) is 1. The van der Waals surface area contributed by atoms with Gasteiger partial charge in [0.15, 0.2) is 0 Å². The molecule has 0 unspecified atom stereocenters. The Labute approximate surface area is 50.1 Å². The van der Waals surface area contributed by atoms with Crippen LogP contribution in [0, 0.1) is 0 Å². The molecule has 0 aliphatic carbocycles. The topological polar surface area (TPSA) is 23.5 Å². The van der Waals surface area contributed by atoms with Crippen molar-refractivity contribution in [3.8, 4) is 0 Å². The first kappa shape index (κ1) is 6.05. The van der Waals surface area contributed by atoms with E-state index in [2.05, 4.69) is 4.90 Å². The van der Waals surface area contributed by atoms with Gasteiger partial charge in [-0.2, -0.15) is 0 Å². The minimum Gasteiger partial charge on any atom is -0.392 e. The molecule has 2 heteroatoms. The molecule has 48 valence electrons. The van der Waals surface area contributed by atoms with Gasteiger partial charge in [-0.1, -0.05) is 0 Å². The van der Waals surface area contributed by atoms with Gasteiger partial charge in [-0.3, -0.25) is 0 Å². The Morgan fingerprint density at radius 3 is 2.38 bits per heavy atom. The van der Waals surface area contributed by atoms with Crippen LogP contribution in [0.15, 0.2) is 0 Å². The predicted molar refractivity (Wildman–Crippen MR) is 32.7 cm³/mol. The van der Waals surface area contributed by atoms with Crippen LogP contribution >= 0.6 is 0 Å². The fourth-order valence-corrected chi connectivity index (χ4v) is 1.15. The molecule has 0 saturated carbocycles. The maximum Gasteiger partial charge on any atom is 0.0667 e. The van der Waals surface area contributed by atoms with E-state index in [0.717, 1.165) is 13.0 Å². The Morgan fingerprint density at radius 2 is 2.38 bits per heavy atom. The van der Waals surface area contributed by atoms with E-state index in [9.17, 15) is 0 Å². The lowest BCUT2D eigenvalue weighted by molar-refractivity contribution is 0.0134. The summed E-state index contributed by atoms with van der Waals surface area (Å²) in [6.45, 7) is 3.00. The maximum atomic E-state index is 9.00. The Hall–Kier alpha value is -0.0800. The van der Waals surface area contributed by atoms with E-state index in [4.69, 9.17) is 5.11 Å². The summed E-state index contributed by atoms with van der Waals surface area (Å²) >= 11 is 0. The van der Waals surface area contributed by atoms with Gasteiger partial charge in [0.1, 0.15) is 0 Å². The van der Waals surface area contributed by atoms with Gasteiger partial charge in [0.05, 0.1) is 6.10 Å². The van der Waals surface area contributed by atoms with Gasteiger partial charge in [-0.05, 0) is 26.9 Å². The van der Waals surface area contributed by atoms with E-state index < -0.39 is 0 Å². The third kappa shape index (κ3) is 0.858. The lowest BCUT2D eigenvalue weighted by Crippen LogP contribution is -2.50. The van der Waals surface area contributed by atoms with Crippen molar-refractivity contribution in [1.82, 2.24) is 4.90 Å². The number of aliphatic hydroxyl groups excluding tert-OH is 1. The summed E-state index contributed by atoms with van der Waals surface area (Å²) in [4.78, 5) is 2.17. The van der Waals surface area contributed by atoms with E-state index in [1.54, 1.807) is 0 Å². The molecular formula is C6H13NO. The normalized spacial score (nSPS) is 34.1. The summed E-state index contributed by atoms with van der Waals surface area (Å²) in [5.74, 6) is 0. The number of hydrogen-bond acceptors (Lipinski definition) is 2. The number of nitrogens with zero attached hydrogens (tertiary/aromatic N) is 1. The highest BCUT2D eigenvalue weighted by Gasteiger charge is 2.27. The van der Waals surface area contributed by atoms with E-state index in [1.165, 1.54) is 0 Å². The molecule has 2 nitrogen and oxygen atoms in total. The second-order valence-corrected chi connectivity index (χ2v) is 2.58. The number of rotatable bonds is 1. The highest BCUT2D eigenvalue weighted by Crippen LogP contribution is 2.16. The van der Waals surface area contributed by atoms with Gasteiger partial charge >= 0.3 is 0 Å². The van der Waals surface area contributed by atoms with Crippen molar-refractivity contribution in [2.45, 2.75) is 25.5 Å². The van der Waals surface area contributed by atoms with Crippen LogP contribution in [-0.2, 0) is 0 Å². The molecule has 1 aliphatic heterocycles. The van der Waals surface area contributed by atoms with Crippen LogP contribution < -0.4 is 0 Å². The van der Waals surface area contributed by atoms with Crippen molar-refractivity contribution < 1.29 is 5.11 Å². The van der Waals surface area contributed by atoms with Crippen LogP contribution in [0.2, 0.25) is 0 Å². The molecule has 8 heavy (non-hydrogen) atoms. The van der Waals surface area contributed by atoms with Crippen LogP contribution in [-0.4, -0.2) is 35.7 Å². The van der Waals surface area contributed by atoms with Crippen molar-refractivity contribution in [3.63, 3.8) is 0 Å². The molecule has 0 amide bonds. The maximum absolute atomic E-state index is 9.00. The minimum absolute atomic E-state index is 0.145. The molecular weight excluding hydrogens is 102 g/mol. The average Bonchev–Trinajstić information content (AvgIpc) is 1.61. The molecule has 1 N–H and O–H groups in total. The third-order valence-corrected chi connectivity index (χ3v) is 1.90. The van der Waals surface area contributed by atoms with Gasteiger partial charge in [0.2, 0.25) is 0 Å². The van der Waals surface area contributed by atoms with E-state index in [1.807, 2.05) is 14.0 Å². The average molecular weight is 115 g/mol. The fraction of sp³-hybridized carbons (Fsp3) is 1.00. The first-order valence-corrected chi connectivity index (χ1v) is 3.10. The summed E-state index contributed by atoms with van der Waals surface area (Å²) in [6, 6.07) is 0.440. The molecule has 0 spiro atoms. The second kappa shape index (κ2) is 2.03. The first-order valence-electron chi connectivity index (χ1n) is 3.10. The summed E-state index contributed by atoms with van der Waals surface area (Å²) in [7, 11) is 2.04. The zero-order valence-corrected chi connectivity index (χ0v) is 5.46. The van der Waals surface area contributed by atoms with Gasteiger partial charge in [-0.15, -0.1) is 0 Å². The summed E-state index contributed by atoms with van der Waals surface area (Å²) in [5, 5.41) is 9.00. The zero-order valence-electron chi connectivity index (χ0n) is 5.46. The molecule has 2 atom stereocenters. The van der Waals surface area contributed by atoms with E-state index >= 15 is 0 Å². The molecule has 0 bridgehead atoms. The van der Waals surface area contributed by atoms with Crippen molar-refractivity contribution in [2.75, 3.05) is 13.6 Å². The number of likely N-dealkylation sites (N-methyl/N-ethyl adjacent to an activating group) is 1. The molecule has 0 aromatic heterocycles. The molecule has 0 aromatic carbocycles. The standard InChI is InChI=1S/C6H13NO/c1-5(8)6-3-4-7(6)2/h5-6,8H,3-4H2,1-2H3/t5-,6-/m0/s1. The van der Waals surface area contributed by atoms with Crippen molar-refractivity contribution >= 4 is 0 Å². The van der Waals surface area contributed by atoms with Gasteiger partial charge in [-0.25, -0.2) is 0 Å². The lowest BCUT2D eigenvalue weighted by atomic mass is 10.00. The number of aliphatic hydroxyl groups is 1. The Bertz CT molecular complexity index is 77.8. The monoisotopic (exact) mass is 115 g/mol. The second-order valence-electron chi connectivity index (χ2n) is 2.58. The Morgan fingerprint density at radius 1 is 1.75 bits per heavy atom. The predicted octanol–water partition coefficient (Wildman–Crippen LogP) is 0.0713. The van der Waals surface area contributed by atoms with E-state index in [-0.39, 0.29) is 6.10 Å². The third-order valence-electron chi connectivity index (χ3n) is 1.90. The first-order chi connectivity index (χ1) is 3.72. The summed E-state index contributed by atoms with van der Waals surface area (Å²) in [5.41, 5.74) is 0. The van der Waals surface area contributed by atoms with Crippen LogP contribution in [0.5, 0.6) is 0 Å². The molecule has 1 heterocycles. The molecule has 1 aliphatic rings. The van der Waals surface area contributed by atoms with Crippen molar-refractivity contribution in [2.24, 2.45) is 0 Å². The van der Waals surface area contributed by atoms with Gasteiger partial charge in [0, 0.05) is 6.04 Å². The van der Waals surface area contributed by atoms with E-state index in [0.29, 0.717) is 6.04 Å². The van der Waals surface area contributed by atoms with Crippen LogP contribution in [0.1, 0.15) is 13.3 Å². The largest absolute Gasteiger partial charge is 0.392 e. The molecule has 0 radical (unpaired) electrons. The lowest BCUT2D eigenvalue weighted by Gasteiger charge is -2.39. The Kier molecular flexibility index (Phi) is 1.54. The van der Waals surface area contributed by atoms with Crippen LogP contribution in [0.3, 0.4) is 0 Å². The Balaban J connectivity index is 2.26. The zero-order chi connectivity index (χ0) is 6.15. The minimum atomic E-state index is -0.145. The van der Waals surface area contributed by atoms with Gasteiger partial charge < -0.3 is 10.0 Å². The van der Waals surface area contributed by atoms with Crippen LogP contribution in [0.4, 0.5) is 0 Å². The molecule has 1 fully saturated rings. The molecule has 0 aromatic rings. The highest BCUT2D eigenvalue weighted by molar-refractivity contribution is 4.83. The fourth-order valence-electron chi connectivity index (χ4n) is 1.15. The highest BCUT2D eigenvalue weighted by atomic mass is 16.3. The smallest absolute Gasteiger partial charge is 0.0667 e. The summed E-state index contributed by atoms with van der Waals surface area (Å²) < 4.78 is 0. The quantitative estimate of drug-likeness (QED) is 0.523. The van der Waals surface area contributed by atoms with Crippen molar-refractivity contribution in [1.29, 1.82) is 0 Å². The summed E-state index contributed by atoms with van der Waals surface area (Å²) in [6.07, 6.45) is 1.02. The number of hydrogen-bond donors (Lipinski definition) is 1. The molecule has 1 rings (SSSR count). The van der Waals surface area contributed by atoms with Crippen molar-refractivity contribution in [3.05, 3.63) is 0 Å². The SMILES string of the molecule is C[C@H](O)[C@@H]1CCN1C. The van der Waals surface area contributed by atoms with Crippen LogP contribution in [0.25, 0.3) is 0 Å². The molecule has 1 saturated heterocycles.